The number of amides is 2. The van der Waals surface area contributed by atoms with E-state index in [9.17, 15) is 4.79 Å². The Balaban J connectivity index is 1.18. The quantitative estimate of drug-likeness (QED) is 0.814. The van der Waals surface area contributed by atoms with Crippen LogP contribution in [0.1, 0.15) is 36.3 Å². The summed E-state index contributed by atoms with van der Waals surface area (Å²) >= 11 is 0. The predicted octanol–water partition coefficient (Wildman–Crippen LogP) is 1.48. The molecule has 0 bridgehead atoms. The van der Waals surface area contributed by atoms with Crippen LogP contribution in [0.25, 0.3) is 0 Å². The summed E-state index contributed by atoms with van der Waals surface area (Å²) in [5, 5.41) is 4.48. The van der Waals surface area contributed by atoms with Gasteiger partial charge in [-0.3, -0.25) is 14.5 Å². The lowest BCUT2D eigenvalue weighted by Gasteiger charge is -2.39. The molecule has 1 aliphatic carbocycles. The molecule has 0 aromatic carbocycles. The summed E-state index contributed by atoms with van der Waals surface area (Å²) in [6.07, 6.45) is 8.14. The second-order valence-electron chi connectivity index (χ2n) is 7.56. The lowest BCUT2D eigenvalue weighted by atomic mass is 10.1. The van der Waals surface area contributed by atoms with E-state index in [0.717, 1.165) is 49.9 Å². The molecule has 3 aliphatic rings. The molecule has 2 aromatic heterocycles. The molecule has 4 heterocycles. The summed E-state index contributed by atoms with van der Waals surface area (Å²) in [5.74, 6) is 1.60. The Bertz CT molecular complexity index is 824. The van der Waals surface area contributed by atoms with Crippen LogP contribution < -0.4 is 4.90 Å². The minimum Gasteiger partial charge on any atom is -0.326 e. The third-order valence-electron chi connectivity index (χ3n) is 5.49. The second-order valence-corrected chi connectivity index (χ2v) is 7.56. The van der Waals surface area contributed by atoms with E-state index < -0.39 is 0 Å². The van der Waals surface area contributed by atoms with Crippen molar-refractivity contribution in [3.63, 3.8) is 0 Å². The van der Waals surface area contributed by atoms with Gasteiger partial charge in [-0.2, -0.15) is 5.10 Å². The van der Waals surface area contributed by atoms with Gasteiger partial charge in [-0.1, -0.05) is 0 Å². The molecule has 2 amide bonds. The number of urea groups is 1. The first kappa shape index (κ1) is 15.7. The van der Waals surface area contributed by atoms with E-state index in [1.54, 1.807) is 16.0 Å². The first-order valence-corrected chi connectivity index (χ1v) is 9.28. The maximum Gasteiger partial charge on any atom is 0.324 e. The molecule has 26 heavy (non-hydrogen) atoms. The van der Waals surface area contributed by atoms with Gasteiger partial charge in [0.2, 0.25) is 0 Å². The normalized spacial score (nSPS) is 21.5. The summed E-state index contributed by atoms with van der Waals surface area (Å²) in [5.41, 5.74) is 2.00. The Morgan fingerprint density at radius 3 is 2.81 bits per heavy atom. The largest absolute Gasteiger partial charge is 0.326 e. The van der Waals surface area contributed by atoms with Crippen molar-refractivity contribution < 1.29 is 4.79 Å². The first-order valence-electron chi connectivity index (χ1n) is 9.28. The highest BCUT2D eigenvalue weighted by Crippen LogP contribution is 2.37. The fourth-order valence-electron chi connectivity index (χ4n) is 3.66. The van der Waals surface area contributed by atoms with Crippen LogP contribution >= 0.6 is 0 Å². The Morgan fingerprint density at radius 2 is 2.08 bits per heavy atom. The third kappa shape index (κ3) is 2.84. The lowest BCUT2D eigenvalue weighted by Crippen LogP contribution is -2.47. The number of likely N-dealkylation sites (N-methyl/N-ethyl adjacent to an activating group) is 1. The van der Waals surface area contributed by atoms with E-state index in [0.29, 0.717) is 12.0 Å². The summed E-state index contributed by atoms with van der Waals surface area (Å²) in [6, 6.07) is 2.43. The number of carbonyl (C=O) groups is 1. The Labute approximate surface area is 152 Å². The lowest BCUT2D eigenvalue weighted by molar-refractivity contribution is 0.0894. The van der Waals surface area contributed by atoms with E-state index in [4.69, 9.17) is 4.98 Å². The monoisotopic (exact) mass is 353 g/mol. The Kier molecular flexibility index (Phi) is 3.66. The minimum absolute atomic E-state index is 0.0509. The topological polar surface area (TPSA) is 70.4 Å². The van der Waals surface area contributed by atoms with Gasteiger partial charge in [-0.25, -0.2) is 14.8 Å². The smallest absolute Gasteiger partial charge is 0.324 e. The van der Waals surface area contributed by atoms with Gasteiger partial charge >= 0.3 is 6.03 Å². The summed E-state index contributed by atoms with van der Waals surface area (Å²) in [7, 11) is 1.83. The van der Waals surface area contributed by atoms with E-state index in [1.807, 2.05) is 30.2 Å². The van der Waals surface area contributed by atoms with Gasteiger partial charge in [0.1, 0.15) is 5.82 Å². The number of hydrogen-bond donors (Lipinski definition) is 0. The number of nitrogens with zero attached hydrogens (tertiary/aromatic N) is 7. The zero-order valence-electron chi connectivity index (χ0n) is 15.0. The fraction of sp³-hybridized carbons (Fsp3) is 0.556. The maximum absolute atomic E-state index is 12.1. The van der Waals surface area contributed by atoms with Crippen LogP contribution in [0.2, 0.25) is 0 Å². The highest BCUT2D eigenvalue weighted by Gasteiger charge is 2.32. The predicted molar refractivity (Wildman–Crippen MR) is 95.9 cm³/mol. The SMILES string of the molecule is CN1CCN(c2cnn(C3CN(Cc4ccnc(C5CC5)n4)C3)c2)C1=O. The van der Waals surface area contributed by atoms with Crippen LogP contribution in [-0.2, 0) is 6.54 Å². The number of rotatable bonds is 5. The molecule has 136 valence electrons. The molecule has 8 heteroatoms. The number of aromatic nitrogens is 4. The van der Waals surface area contributed by atoms with Crippen LogP contribution in [0.3, 0.4) is 0 Å². The Hall–Kier alpha value is -2.48. The van der Waals surface area contributed by atoms with Crippen molar-refractivity contribution in [2.24, 2.45) is 0 Å². The van der Waals surface area contributed by atoms with Crippen molar-refractivity contribution in [2.45, 2.75) is 31.3 Å². The molecular weight excluding hydrogens is 330 g/mol. The first-order chi connectivity index (χ1) is 12.7. The van der Waals surface area contributed by atoms with Gasteiger partial charge in [-0.15, -0.1) is 0 Å². The average molecular weight is 353 g/mol. The Morgan fingerprint density at radius 1 is 1.23 bits per heavy atom. The van der Waals surface area contributed by atoms with Crippen molar-refractivity contribution >= 4 is 11.7 Å². The minimum atomic E-state index is 0.0509. The number of likely N-dealkylation sites (tertiary alicyclic amines) is 1. The van der Waals surface area contributed by atoms with Gasteiger partial charge in [0.15, 0.2) is 0 Å². The molecule has 0 spiro atoms. The molecule has 2 saturated heterocycles. The molecule has 5 rings (SSSR count). The molecule has 0 atom stereocenters. The molecule has 0 N–H and O–H groups in total. The zero-order chi connectivity index (χ0) is 17.7. The molecule has 0 radical (unpaired) electrons. The number of carbonyl (C=O) groups excluding carboxylic acids is 1. The maximum atomic E-state index is 12.1. The van der Waals surface area contributed by atoms with Gasteiger partial charge in [0, 0.05) is 58.1 Å². The van der Waals surface area contributed by atoms with Gasteiger partial charge in [0.25, 0.3) is 0 Å². The van der Waals surface area contributed by atoms with Crippen LogP contribution in [0, 0.1) is 0 Å². The summed E-state index contributed by atoms with van der Waals surface area (Å²) < 4.78 is 1.99. The third-order valence-corrected chi connectivity index (χ3v) is 5.49. The molecule has 2 aliphatic heterocycles. The second kappa shape index (κ2) is 6.05. The highest BCUT2D eigenvalue weighted by molar-refractivity contribution is 5.93. The van der Waals surface area contributed by atoms with Crippen molar-refractivity contribution in [3.8, 4) is 0 Å². The number of hydrogen-bond acceptors (Lipinski definition) is 5. The highest BCUT2D eigenvalue weighted by atomic mass is 16.2. The van der Waals surface area contributed by atoms with Crippen LogP contribution in [0.5, 0.6) is 0 Å². The summed E-state index contributed by atoms with van der Waals surface area (Å²) in [6.45, 7) is 4.27. The van der Waals surface area contributed by atoms with Crippen LogP contribution in [-0.4, -0.2) is 68.8 Å². The average Bonchev–Trinajstić information content (AvgIpc) is 3.28. The van der Waals surface area contributed by atoms with Gasteiger partial charge < -0.3 is 4.90 Å². The van der Waals surface area contributed by atoms with Gasteiger partial charge in [0.05, 0.1) is 23.6 Å². The van der Waals surface area contributed by atoms with E-state index in [-0.39, 0.29) is 6.03 Å². The zero-order valence-corrected chi connectivity index (χ0v) is 15.0. The van der Waals surface area contributed by atoms with E-state index in [1.165, 1.54) is 12.8 Å². The molecule has 1 saturated carbocycles. The van der Waals surface area contributed by atoms with Crippen LogP contribution in [0.4, 0.5) is 10.5 Å². The number of anilines is 1. The standard InChI is InChI=1S/C18H23N7O/c1-22-6-7-24(18(22)26)15-8-20-25(12-15)16-10-23(11-16)9-14-4-5-19-17(21-14)13-2-3-13/h4-5,8,12-13,16H,2-3,6-7,9-11H2,1H3. The van der Waals surface area contributed by atoms with Crippen molar-refractivity contribution in [3.05, 3.63) is 36.2 Å². The van der Waals surface area contributed by atoms with Crippen molar-refractivity contribution in [1.29, 1.82) is 0 Å². The summed E-state index contributed by atoms with van der Waals surface area (Å²) in [4.78, 5) is 27.1. The van der Waals surface area contributed by atoms with Crippen molar-refractivity contribution in [2.75, 3.05) is 38.1 Å². The van der Waals surface area contributed by atoms with E-state index in [2.05, 4.69) is 15.0 Å². The van der Waals surface area contributed by atoms with E-state index >= 15 is 0 Å². The molecule has 8 nitrogen and oxygen atoms in total. The molecule has 0 unspecified atom stereocenters. The van der Waals surface area contributed by atoms with Crippen LogP contribution in [0.15, 0.2) is 24.7 Å². The van der Waals surface area contributed by atoms with Crippen molar-refractivity contribution in [1.82, 2.24) is 29.5 Å². The van der Waals surface area contributed by atoms with Gasteiger partial charge in [-0.05, 0) is 18.9 Å². The molecular formula is C18H23N7O. The molecule has 2 aromatic rings. The molecule has 3 fully saturated rings. The fourth-order valence-corrected chi connectivity index (χ4v) is 3.66.